The number of halogens is 1. The molecule has 3 heteroatoms. The van der Waals surface area contributed by atoms with E-state index in [2.05, 4.69) is 74.4 Å². The predicted molar refractivity (Wildman–Crippen MR) is 127 cm³/mol. The van der Waals surface area contributed by atoms with Gasteiger partial charge in [-0.2, -0.15) is 5.10 Å². The summed E-state index contributed by atoms with van der Waals surface area (Å²) < 4.78 is 16.0. The lowest BCUT2D eigenvalue weighted by molar-refractivity contribution is 0.621. The number of hydrogen-bond donors (Lipinski definition) is 0. The molecule has 0 amide bonds. The van der Waals surface area contributed by atoms with E-state index >= 15 is 0 Å². The minimum Gasteiger partial charge on any atom is -0.275 e. The molecule has 0 saturated heterocycles. The molecule has 0 aliphatic carbocycles. The molecule has 0 N–H and O–H groups in total. The van der Waals surface area contributed by atoms with Crippen LogP contribution in [-0.2, 0) is 13.5 Å². The van der Waals surface area contributed by atoms with Crippen LogP contribution < -0.4 is 0 Å². The largest absolute Gasteiger partial charge is 0.275 e. The molecule has 1 aromatic heterocycles. The Kier molecular flexibility index (Phi) is 6.03. The molecule has 4 aromatic rings. The molecule has 4 rings (SSSR count). The predicted octanol–water partition coefficient (Wildman–Crippen LogP) is 7.36. The fraction of sp³-hybridized carbons (Fsp3) is 0.250. The molecule has 0 spiro atoms. The molecule has 0 aliphatic rings. The van der Waals surface area contributed by atoms with Crippen LogP contribution in [0, 0.1) is 5.82 Å². The minimum atomic E-state index is -0.208. The maximum absolute atomic E-state index is 14.3. The van der Waals surface area contributed by atoms with E-state index in [1.54, 1.807) is 10.7 Å². The third-order valence-corrected chi connectivity index (χ3v) is 5.93. The van der Waals surface area contributed by atoms with Crippen LogP contribution in [0.3, 0.4) is 0 Å². The minimum absolute atomic E-state index is 0.137. The maximum Gasteiger partial charge on any atom is 0.123 e. The summed E-state index contributed by atoms with van der Waals surface area (Å²) in [6, 6.07) is 24.2. The first kappa shape index (κ1) is 21.0. The normalized spacial score (nSPS) is 12.3. The molecule has 158 valence electrons. The molecule has 0 radical (unpaired) electrons. The lowest BCUT2D eigenvalue weighted by atomic mass is 9.83. The van der Waals surface area contributed by atoms with Gasteiger partial charge in [-0.15, -0.1) is 0 Å². The lowest BCUT2D eigenvalue weighted by Gasteiger charge is -2.21. The summed E-state index contributed by atoms with van der Waals surface area (Å²) in [6.45, 7) is 6.65. The first-order valence-electron chi connectivity index (χ1n) is 10.9. The zero-order chi connectivity index (χ0) is 22.0. The topological polar surface area (TPSA) is 17.8 Å². The second-order valence-corrected chi connectivity index (χ2v) is 8.61. The molecule has 0 bridgehead atoms. The highest BCUT2D eigenvalue weighted by atomic mass is 19.1. The molecule has 0 aliphatic heterocycles. The monoisotopic (exact) mass is 412 g/mol. The van der Waals surface area contributed by atoms with Crippen LogP contribution in [0.5, 0.6) is 0 Å². The number of rotatable bonds is 6. The summed E-state index contributed by atoms with van der Waals surface area (Å²) in [5, 5.41) is 4.56. The van der Waals surface area contributed by atoms with Crippen molar-refractivity contribution in [1.29, 1.82) is 0 Å². The van der Waals surface area contributed by atoms with Crippen molar-refractivity contribution in [2.75, 3.05) is 0 Å². The van der Waals surface area contributed by atoms with Crippen LogP contribution in [0.1, 0.15) is 49.3 Å². The van der Waals surface area contributed by atoms with Crippen molar-refractivity contribution in [1.82, 2.24) is 9.78 Å². The van der Waals surface area contributed by atoms with Gasteiger partial charge in [-0.1, -0.05) is 69.3 Å². The van der Waals surface area contributed by atoms with Gasteiger partial charge in [-0.3, -0.25) is 4.68 Å². The van der Waals surface area contributed by atoms with Crippen molar-refractivity contribution in [3.8, 4) is 22.4 Å². The average Bonchev–Trinajstić information content (AvgIpc) is 3.20. The molecule has 0 fully saturated rings. The van der Waals surface area contributed by atoms with Crippen LogP contribution in [-0.4, -0.2) is 9.78 Å². The first-order chi connectivity index (χ1) is 14.9. The van der Waals surface area contributed by atoms with Crippen LogP contribution in [0.15, 0.2) is 79.0 Å². The fourth-order valence-electron chi connectivity index (χ4n) is 4.40. The number of benzene rings is 3. The summed E-state index contributed by atoms with van der Waals surface area (Å²) in [7, 11) is 1.90. The first-order valence-corrected chi connectivity index (χ1v) is 10.9. The van der Waals surface area contributed by atoms with Gasteiger partial charge in [-0.25, -0.2) is 4.39 Å². The van der Waals surface area contributed by atoms with E-state index in [1.165, 1.54) is 28.3 Å². The van der Waals surface area contributed by atoms with Gasteiger partial charge in [0.15, 0.2) is 0 Å². The third-order valence-electron chi connectivity index (χ3n) is 5.93. The van der Waals surface area contributed by atoms with Gasteiger partial charge in [0.05, 0.1) is 5.69 Å². The molecule has 3 aromatic carbocycles. The molecule has 31 heavy (non-hydrogen) atoms. The molecule has 1 unspecified atom stereocenters. The number of aryl methyl sites for hydroxylation is 1. The Bertz CT molecular complexity index is 1170. The Morgan fingerprint density at radius 1 is 0.871 bits per heavy atom. The van der Waals surface area contributed by atoms with Crippen molar-refractivity contribution in [3.63, 3.8) is 0 Å². The Morgan fingerprint density at radius 3 is 2.32 bits per heavy atom. The standard InChI is InChI=1S/C28H29FN2/c1-19(2)24-12-8-11-22(28(24)21-9-6-5-7-10-21)17-20(3)26-18-23(29)13-14-25(26)27-15-16-31(4)30-27/h5-16,18-20H,17H2,1-4H3. The van der Waals surface area contributed by atoms with E-state index in [0.29, 0.717) is 5.92 Å². The highest BCUT2D eigenvalue weighted by molar-refractivity contribution is 5.72. The summed E-state index contributed by atoms with van der Waals surface area (Å²) in [5.41, 5.74) is 8.05. The van der Waals surface area contributed by atoms with E-state index in [4.69, 9.17) is 0 Å². The Morgan fingerprint density at radius 2 is 1.65 bits per heavy atom. The molecule has 1 heterocycles. The molecular formula is C28H29FN2. The van der Waals surface area contributed by atoms with Crippen LogP contribution in [0.25, 0.3) is 22.4 Å². The summed E-state index contributed by atoms with van der Waals surface area (Å²) >= 11 is 0. The van der Waals surface area contributed by atoms with E-state index in [1.807, 2.05) is 25.4 Å². The molecule has 0 saturated carbocycles. The molecule has 2 nitrogen and oxygen atoms in total. The van der Waals surface area contributed by atoms with Gasteiger partial charge in [-0.05, 0) is 70.3 Å². The van der Waals surface area contributed by atoms with E-state index in [-0.39, 0.29) is 11.7 Å². The number of nitrogens with zero attached hydrogens (tertiary/aromatic N) is 2. The highest BCUT2D eigenvalue weighted by Gasteiger charge is 2.19. The van der Waals surface area contributed by atoms with Gasteiger partial charge in [0, 0.05) is 18.8 Å². The van der Waals surface area contributed by atoms with Crippen LogP contribution in [0.4, 0.5) is 4.39 Å². The van der Waals surface area contributed by atoms with E-state index in [9.17, 15) is 4.39 Å². The summed E-state index contributed by atoms with van der Waals surface area (Å²) in [6.07, 6.45) is 2.75. The van der Waals surface area contributed by atoms with E-state index < -0.39 is 0 Å². The van der Waals surface area contributed by atoms with Gasteiger partial charge in [0.25, 0.3) is 0 Å². The Labute approximate surface area is 184 Å². The van der Waals surface area contributed by atoms with Crippen LogP contribution in [0.2, 0.25) is 0 Å². The van der Waals surface area contributed by atoms with Gasteiger partial charge < -0.3 is 0 Å². The smallest absolute Gasteiger partial charge is 0.123 e. The Hall–Kier alpha value is -3.20. The average molecular weight is 413 g/mol. The summed E-state index contributed by atoms with van der Waals surface area (Å²) in [5.74, 6) is 0.349. The SMILES string of the molecule is CC(C)c1cccc(CC(C)c2cc(F)ccc2-c2ccn(C)n2)c1-c1ccccc1. The van der Waals surface area contributed by atoms with Crippen molar-refractivity contribution >= 4 is 0 Å². The second-order valence-electron chi connectivity index (χ2n) is 8.61. The third kappa shape index (κ3) is 4.46. The van der Waals surface area contributed by atoms with Crippen molar-refractivity contribution in [2.45, 2.75) is 39.0 Å². The molecular weight excluding hydrogens is 383 g/mol. The van der Waals surface area contributed by atoms with Gasteiger partial charge in [0.2, 0.25) is 0 Å². The number of hydrogen-bond acceptors (Lipinski definition) is 1. The zero-order valence-corrected chi connectivity index (χ0v) is 18.6. The number of aromatic nitrogens is 2. The zero-order valence-electron chi connectivity index (χ0n) is 18.6. The van der Waals surface area contributed by atoms with Crippen molar-refractivity contribution < 1.29 is 4.39 Å². The fourth-order valence-corrected chi connectivity index (χ4v) is 4.40. The van der Waals surface area contributed by atoms with Gasteiger partial charge >= 0.3 is 0 Å². The molecule has 1 atom stereocenters. The van der Waals surface area contributed by atoms with E-state index in [0.717, 1.165) is 23.2 Å². The van der Waals surface area contributed by atoms with Crippen LogP contribution >= 0.6 is 0 Å². The van der Waals surface area contributed by atoms with Crippen molar-refractivity contribution in [3.05, 3.63) is 102 Å². The quantitative estimate of drug-likeness (QED) is 0.323. The lowest BCUT2D eigenvalue weighted by Crippen LogP contribution is -2.05. The summed E-state index contributed by atoms with van der Waals surface area (Å²) in [4.78, 5) is 0. The van der Waals surface area contributed by atoms with Crippen molar-refractivity contribution in [2.24, 2.45) is 7.05 Å². The maximum atomic E-state index is 14.3. The Balaban J connectivity index is 1.78. The highest BCUT2D eigenvalue weighted by Crippen LogP contribution is 2.37. The second kappa shape index (κ2) is 8.89. The van der Waals surface area contributed by atoms with Gasteiger partial charge in [0.1, 0.15) is 5.82 Å².